The Kier molecular flexibility index (Phi) is 5.50. The largest absolute Gasteiger partial charge is 0.394 e. The number of aliphatic hydroxyl groups excluding tert-OH is 6. The summed E-state index contributed by atoms with van der Waals surface area (Å²) in [4.78, 5) is 19.6. The van der Waals surface area contributed by atoms with Crippen LogP contribution in [-0.2, 0) is 9.47 Å². The molecule has 1 aromatic heterocycles. The van der Waals surface area contributed by atoms with Gasteiger partial charge < -0.3 is 45.4 Å². The number of aromatic nitrogens is 3. The van der Waals surface area contributed by atoms with Gasteiger partial charge in [-0.3, -0.25) is 4.57 Å². The quantitative estimate of drug-likeness (QED) is 0.259. The Labute approximate surface area is 146 Å². The van der Waals surface area contributed by atoms with Gasteiger partial charge in [-0.15, -0.1) is 0 Å². The number of nitrogens with zero attached hydrogens (tertiary/aromatic N) is 3. The molecule has 13 nitrogen and oxygen atoms in total. The molecule has 1 aromatic rings. The summed E-state index contributed by atoms with van der Waals surface area (Å²) in [7, 11) is 0. The van der Waals surface area contributed by atoms with Crippen LogP contribution in [0.5, 0.6) is 0 Å². The topological polar surface area (TPSA) is 200 Å². The van der Waals surface area contributed by atoms with Gasteiger partial charge in [-0.1, -0.05) is 0 Å². The second-order valence-electron chi connectivity index (χ2n) is 6.00. The second kappa shape index (κ2) is 7.50. The van der Waals surface area contributed by atoms with E-state index in [1.54, 1.807) is 0 Å². The molecule has 0 aromatic carbocycles. The van der Waals surface area contributed by atoms with Crippen LogP contribution in [-0.4, -0.2) is 101 Å². The molecule has 3 rings (SSSR count). The van der Waals surface area contributed by atoms with Gasteiger partial charge in [-0.05, 0) is 0 Å². The van der Waals surface area contributed by atoms with Crippen molar-refractivity contribution >= 4 is 5.95 Å². The number of ether oxygens (including phenoxy) is 2. The summed E-state index contributed by atoms with van der Waals surface area (Å²) in [6.45, 7) is -1.06. The van der Waals surface area contributed by atoms with Gasteiger partial charge in [0.05, 0.1) is 13.2 Å². The minimum absolute atomic E-state index is 0.229. The van der Waals surface area contributed by atoms with E-state index in [2.05, 4.69) is 15.3 Å². The van der Waals surface area contributed by atoms with Crippen molar-refractivity contribution in [3.05, 3.63) is 16.8 Å². The molecule has 2 saturated heterocycles. The Hall–Kier alpha value is -1.71. The Bertz CT molecular complexity index is 688. The van der Waals surface area contributed by atoms with Gasteiger partial charge in [0.25, 0.3) is 0 Å². The van der Waals surface area contributed by atoms with Gasteiger partial charge in [-0.2, -0.15) is 4.98 Å². The van der Waals surface area contributed by atoms with Crippen molar-refractivity contribution in [3.8, 4) is 0 Å². The lowest BCUT2D eigenvalue weighted by molar-refractivity contribution is -0.0554. The van der Waals surface area contributed by atoms with E-state index in [9.17, 15) is 25.2 Å². The third-order valence-electron chi connectivity index (χ3n) is 4.33. The molecule has 8 atom stereocenters. The zero-order valence-electron chi connectivity index (χ0n) is 13.4. The molecule has 0 saturated carbocycles. The molecule has 0 unspecified atom stereocenters. The highest BCUT2D eigenvalue weighted by molar-refractivity contribution is 5.24. The van der Waals surface area contributed by atoms with Gasteiger partial charge in [-0.25, -0.2) is 9.78 Å². The van der Waals surface area contributed by atoms with E-state index < -0.39 is 68.0 Å². The zero-order chi connectivity index (χ0) is 19.0. The minimum atomic E-state index is -1.47. The predicted octanol–water partition coefficient (Wildman–Crippen LogP) is -4.90. The van der Waals surface area contributed by atoms with Crippen molar-refractivity contribution in [2.45, 2.75) is 49.1 Å². The van der Waals surface area contributed by atoms with E-state index in [1.165, 1.54) is 0 Å². The first kappa shape index (κ1) is 19.1. The lowest BCUT2D eigenvalue weighted by Gasteiger charge is -2.18. The van der Waals surface area contributed by atoms with Crippen LogP contribution in [0.2, 0.25) is 0 Å². The first-order valence-electron chi connectivity index (χ1n) is 7.84. The van der Waals surface area contributed by atoms with Crippen LogP contribution in [0.15, 0.2) is 11.1 Å². The van der Waals surface area contributed by atoms with Crippen molar-refractivity contribution < 1.29 is 40.1 Å². The van der Waals surface area contributed by atoms with E-state index in [1.807, 2.05) is 0 Å². The third-order valence-corrected chi connectivity index (χ3v) is 4.33. The molecule has 3 heterocycles. The fourth-order valence-corrected chi connectivity index (χ4v) is 2.84. The maximum Gasteiger partial charge on any atom is 0.354 e. The Morgan fingerprint density at radius 2 is 1.62 bits per heavy atom. The average Bonchev–Trinajstić information content (AvgIpc) is 3.06. The van der Waals surface area contributed by atoms with E-state index in [0.29, 0.717) is 0 Å². The monoisotopic (exact) mass is 376 g/mol. The fourth-order valence-electron chi connectivity index (χ4n) is 2.84. The lowest BCUT2D eigenvalue weighted by atomic mass is 10.1. The summed E-state index contributed by atoms with van der Waals surface area (Å²) in [5, 5.41) is 59.8. The summed E-state index contributed by atoms with van der Waals surface area (Å²) in [6.07, 6.45) is -9.03. The van der Waals surface area contributed by atoms with E-state index in [4.69, 9.17) is 19.7 Å². The highest BCUT2D eigenvalue weighted by atomic mass is 16.6. The van der Waals surface area contributed by atoms with Crippen molar-refractivity contribution in [3.63, 3.8) is 0 Å². The molecular formula is C13H20N4O9. The minimum Gasteiger partial charge on any atom is -0.394 e. The normalized spacial score (nSPS) is 40.1. The van der Waals surface area contributed by atoms with Gasteiger partial charge in [0.1, 0.15) is 43.0 Å². The van der Waals surface area contributed by atoms with Crippen molar-refractivity contribution in [2.75, 3.05) is 18.5 Å². The maximum absolute atomic E-state index is 12.2. The molecule has 2 fully saturated rings. The standard InChI is InChI=1S/C13H20N4O9/c18-1-4-6(20)8(22)10(25-4)15-12-14-3-17(13(24)16-12)11-9(23)7(21)5(2-19)26-11/h3-11,18-23H,1-2H2,(H,15,16,24)/t4-,5+,6-,7+,8-,9+,10-,11+/m0/s1. The lowest BCUT2D eigenvalue weighted by Crippen LogP contribution is -2.39. The van der Waals surface area contributed by atoms with E-state index in [-0.39, 0.29) is 5.95 Å². The molecule has 0 amide bonds. The third kappa shape index (κ3) is 3.30. The summed E-state index contributed by atoms with van der Waals surface area (Å²) in [5.41, 5.74) is -0.885. The number of aliphatic hydroxyl groups is 6. The molecule has 0 aliphatic carbocycles. The molecule has 0 bridgehead atoms. The Balaban J connectivity index is 1.74. The van der Waals surface area contributed by atoms with Crippen LogP contribution < -0.4 is 11.0 Å². The van der Waals surface area contributed by atoms with Crippen LogP contribution in [0.1, 0.15) is 6.23 Å². The first-order valence-corrected chi connectivity index (χ1v) is 7.84. The summed E-state index contributed by atoms with van der Waals surface area (Å²) in [6, 6.07) is 0. The van der Waals surface area contributed by atoms with Gasteiger partial charge >= 0.3 is 5.69 Å². The van der Waals surface area contributed by atoms with Crippen LogP contribution in [0.4, 0.5) is 5.95 Å². The van der Waals surface area contributed by atoms with Gasteiger partial charge in [0, 0.05) is 0 Å². The number of hydrogen-bond acceptors (Lipinski definition) is 12. The molecule has 2 aliphatic rings. The summed E-state index contributed by atoms with van der Waals surface area (Å²) in [5.74, 6) is -0.229. The Morgan fingerprint density at radius 3 is 2.15 bits per heavy atom. The molecule has 146 valence electrons. The molecule has 13 heteroatoms. The number of rotatable bonds is 5. The van der Waals surface area contributed by atoms with Gasteiger partial charge in [0.15, 0.2) is 12.5 Å². The first-order chi connectivity index (χ1) is 12.4. The van der Waals surface area contributed by atoms with E-state index >= 15 is 0 Å². The average molecular weight is 376 g/mol. The van der Waals surface area contributed by atoms with Crippen molar-refractivity contribution in [1.82, 2.24) is 14.5 Å². The predicted molar refractivity (Wildman–Crippen MR) is 80.7 cm³/mol. The maximum atomic E-state index is 12.2. The van der Waals surface area contributed by atoms with Gasteiger partial charge in [0.2, 0.25) is 5.95 Å². The van der Waals surface area contributed by atoms with Crippen molar-refractivity contribution in [1.29, 1.82) is 0 Å². The molecular weight excluding hydrogens is 356 g/mol. The van der Waals surface area contributed by atoms with Crippen LogP contribution in [0.3, 0.4) is 0 Å². The number of anilines is 1. The molecule has 2 aliphatic heterocycles. The van der Waals surface area contributed by atoms with Crippen LogP contribution in [0.25, 0.3) is 0 Å². The molecule has 0 spiro atoms. The zero-order valence-corrected chi connectivity index (χ0v) is 13.4. The number of nitrogens with one attached hydrogen (secondary N) is 1. The smallest absolute Gasteiger partial charge is 0.354 e. The fraction of sp³-hybridized carbons (Fsp3) is 0.769. The molecule has 26 heavy (non-hydrogen) atoms. The SMILES string of the molecule is O=c1nc(N[C@H]2O[C@@H](CO)[C@H](O)[C@@H]2O)ncn1[C@@H]1O[C@H](CO)[C@@H](O)[C@H]1O. The second-order valence-corrected chi connectivity index (χ2v) is 6.00. The van der Waals surface area contributed by atoms with Crippen LogP contribution in [0, 0.1) is 0 Å². The number of hydrogen-bond donors (Lipinski definition) is 7. The van der Waals surface area contributed by atoms with Crippen LogP contribution >= 0.6 is 0 Å². The highest BCUT2D eigenvalue weighted by Gasteiger charge is 2.44. The van der Waals surface area contributed by atoms with Crippen molar-refractivity contribution in [2.24, 2.45) is 0 Å². The van der Waals surface area contributed by atoms with E-state index in [0.717, 1.165) is 10.9 Å². The Morgan fingerprint density at radius 1 is 1.00 bits per heavy atom. The molecule has 0 radical (unpaired) electrons. The summed E-state index contributed by atoms with van der Waals surface area (Å²) < 4.78 is 11.3. The molecule has 7 N–H and O–H groups in total. The highest BCUT2D eigenvalue weighted by Crippen LogP contribution is 2.28. The summed E-state index contributed by atoms with van der Waals surface area (Å²) >= 11 is 0.